The number of furan rings is 1. The van der Waals surface area contributed by atoms with Crippen LogP contribution < -0.4 is 9.62 Å². The average Bonchev–Trinajstić information content (AvgIpc) is 3.37. The third kappa shape index (κ3) is 4.72. The van der Waals surface area contributed by atoms with E-state index in [0.29, 0.717) is 43.1 Å². The van der Waals surface area contributed by atoms with E-state index < -0.39 is 10.0 Å². The fraction of sp³-hybridized carbons (Fsp3) is 0.227. The fourth-order valence-electron chi connectivity index (χ4n) is 3.31. The second-order valence-corrected chi connectivity index (χ2v) is 9.03. The van der Waals surface area contributed by atoms with Crippen molar-refractivity contribution >= 4 is 27.3 Å². The molecule has 0 bridgehead atoms. The van der Waals surface area contributed by atoms with Gasteiger partial charge in [-0.2, -0.15) is 0 Å². The van der Waals surface area contributed by atoms with Gasteiger partial charge < -0.3 is 14.5 Å². The molecular formula is C22H22N2O5S. The van der Waals surface area contributed by atoms with Crippen LogP contribution in [0.4, 0.5) is 11.4 Å². The maximum absolute atomic E-state index is 12.6. The minimum absolute atomic E-state index is 0.163. The molecule has 2 heterocycles. The molecule has 0 radical (unpaired) electrons. The number of carbonyl (C=O) groups is 1. The van der Waals surface area contributed by atoms with Crippen molar-refractivity contribution in [2.45, 2.75) is 19.6 Å². The van der Waals surface area contributed by atoms with Gasteiger partial charge in [-0.05, 0) is 60.5 Å². The first-order valence-electron chi connectivity index (χ1n) is 9.62. The first kappa shape index (κ1) is 20.2. The fourth-order valence-corrected chi connectivity index (χ4v) is 4.88. The number of carbonyl (C=O) groups excluding carboxylic acids is 1. The molecule has 1 aliphatic rings. The lowest BCUT2D eigenvalue weighted by Gasteiger charge is -2.17. The van der Waals surface area contributed by atoms with E-state index in [2.05, 4.69) is 5.32 Å². The van der Waals surface area contributed by atoms with E-state index in [1.54, 1.807) is 36.6 Å². The Kier molecular flexibility index (Phi) is 5.87. The first-order valence-corrected chi connectivity index (χ1v) is 11.2. The van der Waals surface area contributed by atoms with Gasteiger partial charge in [0.25, 0.3) is 5.91 Å². The molecule has 1 N–H and O–H groups in total. The minimum atomic E-state index is -3.23. The highest BCUT2D eigenvalue weighted by atomic mass is 32.2. The van der Waals surface area contributed by atoms with Crippen LogP contribution in [0.25, 0.3) is 0 Å². The molecule has 1 fully saturated rings. The molecule has 7 nitrogen and oxygen atoms in total. The monoisotopic (exact) mass is 426 g/mol. The van der Waals surface area contributed by atoms with Crippen molar-refractivity contribution in [3.8, 4) is 0 Å². The summed E-state index contributed by atoms with van der Waals surface area (Å²) in [5.41, 5.74) is 2.62. The normalized spacial score (nSPS) is 15.3. The highest BCUT2D eigenvalue weighted by molar-refractivity contribution is 7.93. The molecule has 1 saturated heterocycles. The molecule has 1 aromatic heterocycles. The van der Waals surface area contributed by atoms with Gasteiger partial charge in [0.15, 0.2) is 0 Å². The summed E-state index contributed by atoms with van der Waals surface area (Å²) in [4.78, 5) is 12.6. The van der Waals surface area contributed by atoms with Crippen molar-refractivity contribution in [1.82, 2.24) is 0 Å². The standard InChI is InChI=1S/C22H22N2O5S/c25-22(18-7-9-20(10-8-18)24-11-3-13-30(24,26)27)23-19-5-1-4-17(14-19)15-28-16-21-6-2-12-29-21/h1-2,4-10,12,14H,3,11,13,15-16H2,(H,23,25). The molecule has 0 aliphatic carbocycles. The van der Waals surface area contributed by atoms with Crippen LogP contribution in [0.15, 0.2) is 71.3 Å². The highest BCUT2D eigenvalue weighted by Crippen LogP contribution is 2.24. The molecule has 30 heavy (non-hydrogen) atoms. The Labute approximate surface area is 175 Å². The topological polar surface area (TPSA) is 88.8 Å². The summed E-state index contributed by atoms with van der Waals surface area (Å²) in [5.74, 6) is 0.653. The number of anilines is 2. The third-order valence-corrected chi connectivity index (χ3v) is 6.66. The van der Waals surface area contributed by atoms with E-state index in [1.807, 2.05) is 30.3 Å². The number of hydrogen-bond acceptors (Lipinski definition) is 5. The number of nitrogens with zero attached hydrogens (tertiary/aromatic N) is 1. The molecule has 156 valence electrons. The molecule has 0 atom stereocenters. The van der Waals surface area contributed by atoms with Crippen LogP contribution in [-0.4, -0.2) is 26.6 Å². The summed E-state index contributed by atoms with van der Waals surface area (Å²) >= 11 is 0. The second-order valence-electron chi connectivity index (χ2n) is 7.02. The average molecular weight is 426 g/mol. The Morgan fingerprint density at radius 1 is 1.07 bits per heavy atom. The maximum atomic E-state index is 12.6. The largest absolute Gasteiger partial charge is 0.467 e. The lowest BCUT2D eigenvalue weighted by atomic mass is 10.1. The summed E-state index contributed by atoms with van der Waals surface area (Å²) in [7, 11) is -3.23. The number of nitrogens with one attached hydrogen (secondary N) is 1. The van der Waals surface area contributed by atoms with Crippen LogP contribution in [0, 0.1) is 0 Å². The molecule has 2 aromatic carbocycles. The third-order valence-electron chi connectivity index (χ3n) is 4.79. The van der Waals surface area contributed by atoms with Gasteiger partial charge in [0.2, 0.25) is 10.0 Å². The Balaban J connectivity index is 1.36. The van der Waals surface area contributed by atoms with E-state index in [-0.39, 0.29) is 11.7 Å². The summed E-state index contributed by atoms with van der Waals surface area (Å²) in [5, 5.41) is 2.86. The van der Waals surface area contributed by atoms with Gasteiger partial charge in [-0.1, -0.05) is 12.1 Å². The van der Waals surface area contributed by atoms with Crippen LogP contribution >= 0.6 is 0 Å². The number of rotatable bonds is 7. The number of benzene rings is 2. The predicted molar refractivity (Wildman–Crippen MR) is 114 cm³/mol. The zero-order valence-corrected chi connectivity index (χ0v) is 17.1. The smallest absolute Gasteiger partial charge is 0.255 e. The summed E-state index contributed by atoms with van der Waals surface area (Å²) in [6, 6.07) is 17.7. The molecule has 8 heteroatoms. The van der Waals surface area contributed by atoms with Gasteiger partial charge >= 0.3 is 0 Å². The lowest BCUT2D eigenvalue weighted by molar-refractivity contribution is 0.0929. The quantitative estimate of drug-likeness (QED) is 0.621. The number of ether oxygens (including phenoxy) is 1. The van der Waals surface area contributed by atoms with Crippen LogP contribution in [-0.2, 0) is 28.0 Å². The Bertz CT molecular complexity index is 1110. The molecular weight excluding hydrogens is 404 g/mol. The Hall–Kier alpha value is -3.10. The van der Waals surface area contributed by atoms with Gasteiger partial charge in [0.05, 0.1) is 24.3 Å². The minimum Gasteiger partial charge on any atom is -0.467 e. The van der Waals surface area contributed by atoms with Crippen molar-refractivity contribution in [1.29, 1.82) is 0 Å². The van der Waals surface area contributed by atoms with Crippen LogP contribution in [0.3, 0.4) is 0 Å². The highest BCUT2D eigenvalue weighted by Gasteiger charge is 2.28. The van der Waals surface area contributed by atoms with E-state index >= 15 is 0 Å². The molecule has 1 aliphatic heterocycles. The Morgan fingerprint density at radius 2 is 1.90 bits per heavy atom. The predicted octanol–water partition coefficient (Wildman–Crippen LogP) is 3.79. The molecule has 3 aromatic rings. The SMILES string of the molecule is O=C(Nc1cccc(COCc2ccco2)c1)c1ccc(N2CCCS2(=O)=O)cc1. The van der Waals surface area contributed by atoms with Crippen molar-refractivity contribution < 1.29 is 22.4 Å². The summed E-state index contributed by atoms with van der Waals surface area (Å²) in [6.45, 7) is 1.24. The van der Waals surface area contributed by atoms with E-state index in [4.69, 9.17) is 9.15 Å². The van der Waals surface area contributed by atoms with Crippen LogP contribution in [0.2, 0.25) is 0 Å². The van der Waals surface area contributed by atoms with Gasteiger partial charge in [0.1, 0.15) is 12.4 Å². The lowest BCUT2D eigenvalue weighted by Crippen LogP contribution is -2.25. The molecule has 0 saturated carbocycles. The van der Waals surface area contributed by atoms with E-state index in [0.717, 1.165) is 11.3 Å². The van der Waals surface area contributed by atoms with Gasteiger partial charge in [-0.25, -0.2) is 8.42 Å². The summed E-state index contributed by atoms with van der Waals surface area (Å²) < 4.78 is 36.3. The van der Waals surface area contributed by atoms with E-state index in [9.17, 15) is 13.2 Å². The van der Waals surface area contributed by atoms with Crippen molar-refractivity contribution in [2.75, 3.05) is 21.9 Å². The first-order chi connectivity index (χ1) is 14.5. The molecule has 0 unspecified atom stereocenters. The second kappa shape index (κ2) is 8.73. The van der Waals surface area contributed by atoms with E-state index in [1.165, 1.54) is 4.31 Å². The summed E-state index contributed by atoms with van der Waals surface area (Å²) in [6.07, 6.45) is 2.22. The molecule has 4 rings (SSSR count). The van der Waals surface area contributed by atoms with Crippen LogP contribution in [0.1, 0.15) is 28.1 Å². The van der Waals surface area contributed by atoms with Gasteiger partial charge in [-0.15, -0.1) is 0 Å². The number of hydrogen-bond donors (Lipinski definition) is 1. The Morgan fingerprint density at radius 3 is 2.60 bits per heavy atom. The zero-order valence-electron chi connectivity index (χ0n) is 16.3. The number of sulfonamides is 1. The zero-order chi connectivity index (χ0) is 21.0. The van der Waals surface area contributed by atoms with Gasteiger partial charge in [0, 0.05) is 17.8 Å². The van der Waals surface area contributed by atoms with Crippen molar-refractivity contribution in [3.05, 3.63) is 83.8 Å². The number of amides is 1. The van der Waals surface area contributed by atoms with Crippen LogP contribution in [0.5, 0.6) is 0 Å². The molecule has 0 spiro atoms. The molecule has 1 amide bonds. The van der Waals surface area contributed by atoms with Crippen molar-refractivity contribution in [2.24, 2.45) is 0 Å². The van der Waals surface area contributed by atoms with Crippen molar-refractivity contribution in [3.63, 3.8) is 0 Å². The van der Waals surface area contributed by atoms with Gasteiger partial charge in [-0.3, -0.25) is 9.10 Å². The maximum Gasteiger partial charge on any atom is 0.255 e.